The van der Waals surface area contributed by atoms with Crippen LogP contribution in [-0.4, -0.2) is 10.4 Å². The fourth-order valence-corrected chi connectivity index (χ4v) is 3.18. The Morgan fingerprint density at radius 2 is 0.880 bits per heavy atom. The Morgan fingerprint density at radius 1 is 0.560 bits per heavy atom. The summed E-state index contributed by atoms with van der Waals surface area (Å²) in [5.74, 6) is 0. The van der Waals surface area contributed by atoms with Crippen molar-refractivity contribution in [3.8, 4) is 0 Å². The van der Waals surface area contributed by atoms with Crippen LogP contribution in [0.1, 0.15) is 16.7 Å². The van der Waals surface area contributed by atoms with Crippen LogP contribution in [0.2, 0.25) is 0 Å². The van der Waals surface area contributed by atoms with Gasteiger partial charge in [0.15, 0.2) is 5.56 Å². The van der Waals surface area contributed by atoms with E-state index in [4.69, 9.17) is 39.5 Å². The summed E-state index contributed by atoms with van der Waals surface area (Å²) in [4.78, 5) is -0.864. The van der Waals surface area contributed by atoms with Crippen molar-refractivity contribution in [2.45, 2.75) is 16.0 Å². The Hall–Kier alpha value is -1.51. The van der Waals surface area contributed by atoms with Gasteiger partial charge in [-0.3, -0.25) is 0 Å². The average Bonchev–Trinajstić information content (AvgIpc) is 2.68. The van der Waals surface area contributed by atoms with E-state index >= 15 is 0 Å². The molecule has 0 saturated heterocycles. The van der Waals surface area contributed by atoms with Gasteiger partial charge < -0.3 is 4.74 Å². The van der Waals surface area contributed by atoms with E-state index < -0.39 is 16.0 Å². The maximum absolute atomic E-state index is 6.36. The quantitative estimate of drug-likeness (QED) is 0.351. The van der Waals surface area contributed by atoms with E-state index in [-0.39, 0.29) is 0 Å². The van der Waals surface area contributed by atoms with E-state index in [1.807, 2.05) is 91.0 Å². The number of benzene rings is 3. The zero-order valence-electron chi connectivity index (χ0n) is 13.4. The first-order valence-electron chi connectivity index (χ1n) is 7.91. The average molecular weight is 392 g/mol. The molecule has 0 radical (unpaired) electrons. The molecular weight excluding hydrogens is 375 g/mol. The molecule has 0 aliphatic rings. The summed E-state index contributed by atoms with van der Waals surface area (Å²) in [6.45, 7) is 0. The Morgan fingerprint density at radius 3 is 1.16 bits per heavy atom. The van der Waals surface area contributed by atoms with E-state index in [0.717, 1.165) is 16.7 Å². The second-order valence-corrected chi connectivity index (χ2v) is 7.18. The van der Waals surface area contributed by atoms with Crippen LogP contribution in [-0.2, 0) is 10.3 Å². The lowest BCUT2D eigenvalue weighted by Gasteiger charge is -2.37. The number of ether oxygens (including phenoxy) is 1. The minimum absolute atomic E-state index is 0.864. The summed E-state index contributed by atoms with van der Waals surface area (Å²) in [5.41, 5.74) is 1.05. The van der Waals surface area contributed by atoms with E-state index in [0.29, 0.717) is 0 Å². The molecule has 0 aliphatic heterocycles. The normalized spacial score (nSPS) is 13.0. The molecule has 1 unspecified atom stereocenters. The molecule has 0 aromatic heterocycles. The maximum Gasteiger partial charge on any atom is 0.163 e. The number of halogens is 3. The predicted molar refractivity (Wildman–Crippen MR) is 105 cm³/mol. The molecule has 4 heteroatoms. The third-order valence-corrected chi connectivity index (χ3v) is 5.09. The maximum atomic E-state index is 6.36. The zero-order chi connectivity index (χ0) is 17.7. The Labute approximate surface area is 163 Å². The molecule has 25 heavy (non-hydrogen) atoms. The van der Waals surface area contributed by atoms with Gasteiger partial charge in [-0.25, -0.2) is 0 Å². The van der Waals surface area contributed by atoms with Crippen LogP contribution in [0.25, 0.3) is 0 Å². The molecule has 0 bridgehead atoms. The number of hydrogen-bond donors (Lipinski definition) is 0. The van der Waals surface area contributed by atoms with Crippen LogP contribution in [0.5, 0.6) is 0 Å². The summed E-state index contributed by atoms with van der Waals surface area (Å²) in [6, 6.07) is 29.8. The molecule has 3 aromatic rings. The van der Waals surface area contributed by atoms with Gasteiger partial charge in [0, 0.05) is 0 Å². The van der Waals surface area contributed by atoms with Crippen molar-refractivity contribution in [2.24, 2.45) is 0 Å². The topological polar surface area (TPSA) is 9.23 Å². The van der Waals surface area contributed by atoms with Crippen molar-refractivity contribution in [2.75, 3.05) is 0 Å². The smallest absolute Gasteiger partial charge is 0.163 e. The number of alkyl halides is 3. The highest BCUT2D eigenvalue weighted by Gasteiger charge is 2.40. The molecule has 128 valence electrons. The largest absolute Gasteiger partial charge is 0.339 e. The van der Waals surface area contributed by atoms with Gasteiger partial charge in [-0.05, 0) is 16.7 Å². The molecule has 3 rings (SSSR count). The van der Waals surface area contributed by atoms with Gasteiger partial charge in [0.25, 0.3) is 0 Å². The molecule has 1 atom stereocenters. The van der Waals surface area contributed by atoms with Crippen LogP contribution in [0.4, 0.5) is 0 Å². The summed E-state index contributed by atoms with van der Waals surface area (Å²) in [7, 11) is 0. The second-order valence-electron chi connectivity index (χ2n) is 5.58. The highest BCUT2D eigenvalue weighted by atomic mass is 35.5. The van der Waals surface area contributed by atoms with Gasteiger partial charge in [-0.15, -0.1) is 23.2 Å². The number of hydrogen-bond acceptors (Lipinski definition) is 1. The van der Waals surface area contributed by atoms with E-state index in [1.54, 1.807) is 0 Å². The van der Waals surface area contributed by atoms with Gasteiger partial charge in [-0.1, -0.05) is 103 Å². The van der Waals surface area contributed by atoms with Gasteiger partial charge in [0.1, 0.15) is 10.4 Å². The first-order chi connectivity index (χ1) is 12.1. The fourth-order valence-electron chi connectivity index (χ4n) is 2.94. The molecule has 1 nitrogen and oxygen atoms in total. The van der Waals surface area contributed by atoms with Crippen molar-refractivity contribution in [1.29, 1.82) is 0 Å². The van der Waals surface area contributed by atoms with Crippen molar-refractivity contribution < 1.29 is 4.74 Å². The SMILES string of the molecule is ClC(Cl)C(Cl)OC(c1ccccc1)(c1ccccc1)c1ccccc1. The summed E-state index contributed by atoms with van der Waals surface area (Å²) in [5, 5.41) is 0. The lowest BCUT2D eigenvalue weighted by Crippen LogP contribution is -2.37. The zero-order valence-corrected chi connectivity index (χ0v) is 15.6. The van der Waals surface area contributed by atoms with E-state index in [9.17, 15) is 0 Å². The van der Waals surface area contributed by atoms with Gasteiger partial charge in [-0.2, -0.15) is 0 Å². The molecule has 0 fully saturated rings. The van der Waals surface area contributed by atoms with E-state index in [1.165, 1.54) is 0 Å². The molecule has 0 amide bonds. The van der Waals surface area contributed by atoms with Crippen molar-refractivity contribution in [1.82, 2.24) is 0 Å². The Kier molecular flexibility index (Phi) is 6.03. The molecule has 3 aromatic carbocycles. The molecule has 0 N–H and O–H groups in total. The third-order valence-electron chi connectivity index (χ3n) is 4.03. The standard InChI is InChI=1S/C21H17Cl3O/c22-19(23)20(24)25-21(16-10-4-1-5-11-16,17-12-6-2-7-13-17)18-14-8-3-9-15-18/h1-15,19-20H. The first-order valence-corrected chi connectivity index (χ1v) is 9.22. The van der Waals surface area contributed by atoms with Crippen molar-refractivity contribution in [3.63, 3.8) is 0 Å². The van der Waals surface area contributed by atoms with Crippen LogP contribution in [0.15, 0.2) is 91.0 Å². The fraction of sp³-hybridized carbons (Fsp3) is 0.143. The Bertz CT molecular complexity index is 679. The highest BCUT2D eigenvalue weighted by molar-refractivity contribution is 6.48. The third kappa shape index (κ3) is 3.86. The summed E-state index contributed by atoms with van der Waals surface area (Å²) in [6.07, 6.45) is 0. The molecule has 0 spiro atoms. The summed E-state index contributed by atoms with van der Waals surface area (Å²) >= 11 is 18.4. The number of rotatable bonds is 6. The van der Waals surface area contributed by atoms with Crippen molar-refractivity contribution in [3.05, 3.63) is 108 Å². The second kappa shape index (κ2) is 8.25. The minimum atomic E-state index is -0.918. The highest BCUT2D eigenvalue weighted by Crippen LogP contribution is 2.42. The predicted octanol–water partition coefficient (Wildman–Crippen LogP) is 6.36. The monoisotopic (exact) mass is 390 g/mol. The van der Waals surface area contributed by atoms with Crippen LogP contribution in [0.3, 0.4) is 0 Å². The van der Waals surface area contributed by atoms with Crippen LogP contribution >= 0.6 is 34.8 Å². The van der Waals surface area contributed by atoms with Gasteiger partial charge in [0.05, 0.1) is 0 Å². The summed E-state index contributed by atoms with van der Waals surface area (Å²) < 4.78 is 6.36. The van der Waals surface area contributed by atoms with Crippen LogP contribution in [0, 0.1) is 0 Å². The van der Waals surface area contributed by atoms with E-state index in [2.05, 4.69) is 0 Å². The Balaban J connectivity index is 2.27. The molecule has 0 saturated carbocycles. The minimum Gasteiger partial charge on any atom is -0.339 e. The first kappa shape index (κ1) is 18.3. The van der Waals surface area contributed by atoms with Gasteiger partial charge >= 0.3 is 0 Å². The van der Waals surface area contributed by atoms with Crippen molar-refractivity contribution >= 4 is 34.8 Å². The molecule has 0 heterocycles. The lowest BCUT2D eigenvalue weighted by molar-refractivity contribution is -0.00229. The molecular formula is C21H17Cl3O. The van der Waals surface area contributed by atoms with Gasteiger partial charge in [0.2, 0.25) is 0 Å². The lowest BCUT2D eigenvalue weighted by atomic mass is 9.80. The molecule has 0 aliphatic carbocycles. The van der Waals surface area contributed by atoms with Crippen LogP contribution < -0.4 is 0 Å².